The van der Waals surface area contributed by atoms with Crippen molar-refractivity contribution in [2.75, 3.05) is 13.1 Å². The smallest absolute Gasteiger partial charge is 0.320 e. The average molecular weight is 298 g/mol. The van der Waals surface area contributed by atoms with Crippen LogP contribution < -0.4 is 0 Å². The van der Waals surface area contributed by atoms with Crippen molar-refractivity contribution in [3.05, 3.63) is 35.9 Å². The second-order valence-corrected chi connectivity index (χ2v) is 6.77. The van der Waals surface area contributed by atoms with Crippen LogP contribution in [-0.4, -0.2) is 34.9 Å². The predicted octanol–water partition coefficient (Wildman–Crippen LogP) is 3.46. The molecule has 1 unspecified atom stereocenters. The number of benzene rings is 1. The molecule has 0 aliphatic carbocycles. The van der Waals surface area contributed by atoms with Gasteiger partial charge in [0.25, 0.3) is 0 Å². The van der Waals surface area contributed by atoms with Gasteiger partial charge in [0, 0.05) is 18.5 Å². The maximum absolute atomic E-state index is 11.9. The lowest BCUT2D eigenvalue weighted by Crippen LogP contribution is -2.37. The first-order valence-electron chi connectivity index (χ1n) is 6.88. The molecule has 1 atom stereocenters. The van der Waals surface area contributed by atoms with Crippen LogP contribution in [0.25, 0.3) is 0 Å². The Bertz CT molecular complexity index is 412. The summed E-state index contributed by atoms with van der Waals surface area (Å²) >= 11 is 6.06. The van der Waals surface area contributed by atoms with E-state index in [0.717, 1.165) is 5.56 Å². The van der Waals surface area contributed by atoms with Crippen molar-refractivity contribution >= 4 is 17.6 Å². The van der Waals surface area contributed by atoms with E-state index in [2.05, 4.69) is 0 Å². The molecule has 0 aromatic heterocycles. The molecule has 0 heterocycles. The second-order valence-electron chi connectivity index (χ2n) is 6.02. The monoisotopic (exact) mass is 297 g/mol. The minimum Gasteiger partial charge on any atom is -0.459 e. The summed E-state index contributed by atoms with van der Waals surface area (Å²) in [6.07, 6.45) is 0. The molecule has 0 saturated heterocycles. The Morgan fingerprint density at radius 2 is 1.90 bits per heavy atom. The van der Waals surface area contributed by atoms with Crippen LogP contribution in [0.5, 0.6) is 0 Å². The number of esters is 1. The van der Waals surface area contributed by atoms with Gasteiger partial charge in [-0.3, -0.25) is 9.69 Å². The van der Waals surface area contributed by atoms with Gasteiger partial charge in [-0.2, -0.15) is 0 Å². The second kappa shape index (κ2) is 7.65. The largest absolute Gasteiger partial charge is 0.459 e. The lowest BCUT2D eigenvalue weighted by molar-refractivity contribution is -0.156. The number of rotatable bonds is 6. The first-order chi connectivity index (χ1) is 9.26. The van der Waals surface area contributed by atoms with Crippen LogP contribution in [0.2, 0.25) is 0 Å². The molecule has 0 amide bonds. The van der Waals surface area contributed by atoms with E-state index in [1.165, 1.54) is 0 Å². The van der Waals surface area contributed by atoms with E-state index in [4.69, 9.17) is 16.3 Å². The predicted molar refractivity (Wildman–Crippen MR) is 82.9 cm³/mol. The van der Waals surface area contributed by atoms with Crippen LogP contribution in [0.4, 0.5) is 0 Å². The van der Waals surface area contributed by atoms with Gasteiger partial charge in [-0.25, -0.2) is 0 Å². The molecule has 4 heteroatoms. The highest BCUT2D eigenvalue weighted by molar-refractivity contribution is 6.20. The SMILES string of the molecule is CC(Cl)CN(CC(=O)OC(C)(C)C)Cc1ccccc1. The first-order valence-corrected chi connectivity index (χ1v) is 7.32. The van der Waals surface area contributed by atoms with E-state index in [0.29, 0.717) is 13.1 Å². The fourth-order valence-electron chi connectivity index (χ4n) is 1.94. The number of ether oxygens (including phenoxy) is 1. The van der Waals surface area contributed by atoms with Crippen LogP contribution >= 0.6 is 11.6 Å². The third-order valence-corrected chi connectivity index (χ3v) is 2.67. The van der Waals surface area contributed by atoms with Gasteiger partial charge in [0.05, 0.1) is 6.54 Å². The van der Waals surface area contributed by atoms with Crippen molar-refractivity contribution in [1.29, 1.82) is 0 Å². The minimum absolute atomic E-state index is 0.0128. The fraction of sp³-hybridized carbons (Fsp3) is 0.562. The number of alkyl halides is 1. The van der Waals surface area contributed by atoms with Crippen molar-refractivity contribution in [2.24, 2.45) is 0 Å². The molecule has 1 aromatic carbocycles. The summed E-state index contributed by atoms with van der Waals surface area (Å²) in [7, 11) is 0. The quantitative estimate of drug-likeness (QED) is 0.595. The Labute approximate surface area is 126 Å². The first kappa shape index (κ1) is 17.0. The fourth-order valence-corrected chi connectivity index (χ4v) is 2.13. The minimum atomic E-state index is -0.456. The molecule has 20 heavy (non-hydrogen) atoms. The van der Waals surface area contributed by atoms with Gasteiger partial charge in [-0.15, -0.1) is 11.6 Å². The zero-order valence-corrected chi connectivity index (χ0v) is 13.5. The zero-order valence-electron chi connectivity index (χ0n) is 12.7. The van der Waals surface area contributed by atoms with Crippen LogP contribution in [0, 0.1) is 0 Å². The highest BCUT2D eigenvalue weighted by atomic mass is 35.5. The molecule has 0 saturated carbocycles. The molecular formula is C16H24ClNO2. The third kappa shape index (κ3) is 7.51. The summed E-state index contributed by atoms with van der Waals surface area (Å²) in [5.74, 6) is -0.217. The summed E-state index contributed by atoms with van der Waals surface area (Å²) in [5.41, 5.74) is 0.704. The van der Waals surface area contributed by atoms with Crippen molar-refractivity contribution in [2.45, 2.75) is 45.2 Å². The lowest BCUT2D eigenvalue weighted by Gasteiger charge is -2.25. The van der Waals surface area contributed by atoms with Crippen molar-refractivity contribution in [3.8, 4) is 0 Å². The topological polar surface area (TPSA) is 29.5 Å². The van der Waals surface area contributed by atoms with E-state index in [-0.39, 0.29) is 17.9 Å². The summed E-state index contributed by atoms with van der Waals surface area (Å²) in [5, 5.41) is -0.0128. The van der Waals surface area contributed by atoms with Crippen LogP contribution in [0.15, 0.2) is 30.3 Å². The van der Waals surface area contributed by atoms with Gasteiger partial charge in [-0.1, -0.05) is 30.3 Å². The number of carbonyl (C=O) groups excluding carboxylic acids is 1. The van der Waals surface area contributed by atoms with Gasteiger partial charge in [0.15, 0.2) is 0 Å². The molecule has 112 valence electrons. The standard InChI is InChI=1S/C16H24ClNO2/c1-13(17)10-18(11-14-8-6-5-7-9-14)12-15(19)20-16(2,3)4/h5-9,13H,10-12H2,1-4H3. The molecular weight excluding hydrogens is 274 g/mol. The summed E-state index contributed by atoms with van der Waals surface area (Å²) in [4.78, 5) is 13.9. The van der Waals surface area contributed by atoms with Crippen LogP contribution in [0.3, 0.4) is 0 Å². The molecule has 0 spiro atoms. The Hall–Kier alpha value is -1.06. The number of carbonyl (C=O) groups is 1. The molecule has 0 bridgehead atoms. The lowest BCUT2D eigenvalue weighted by atomic mass is 10.2. The number of hydrogen-bond donors (Lipinski definition) is 0. The molecule has 1 rings (SSSR count). The Morgan fingerprint density at radius 1 is 1.30 bits per heavy atom. The maximum Gasteiger partial charge on any atom is 0.320 e. The van der Waals surface area contributed by atoms with Crippen molar-refractivity contribution < 1.29 is 9.53 Å². The maximum atomic E-state index is 11.9. The van der Waals surface area contributed by atoms with Gasteiger partial charge in [-0.05, 0) is 33.3 Å². The number of hydrogen-bond acceptors (Lipinski definition) is 3. The molecule has 1 aromatic rings. The Balaban J connectivity index is 2.63. The van der Waals surface area contributed by atoms with E-state index in [1.54, 1.807) is 0 Å². The summed E-state index contributed by atoms with van der Waals surface area (Å²) < 4.78 is 5.36. The van der Waals surface area contributed by atoms with E-state index < -0.39 is 5.60 Å². The van der Waals surface area contributed by atoms with E-state index >= 15 is 0 Å². The number of halogens is 1. The Kier molecular flexibility index (Phi) is 6.50. The van der Waals surface area contributed by atoms with Gasteiger partial charge < -0.3 is 4.74 Å². The van der Waals surface area contributed by atoms with Crippen molar-refractivity contribution in [3.63, 3.8) is 0 Å². The molecule has 3 nitrogen and oxygen atoms in total. The normalized spacial score (nSPS) is 13.3. The Morgan fingerprint density at radius 3 is 2.40 bits per heavy atom. The average Bonchev–Trinajstić information content (AvgIpc) is 2.26. The van der Waals surface area contributed by atoms with Crippen LogP contribution in [0.1, 0.15) is 33.3 Å². The molecule has 0 aliphatic rings. The zero-order chi connectivity index (χ0) is 15.2. The van der Waals surface area contributed by atoms with Gasteiger partial charge in [0.1, 0.15) is 5.60 Å². The summed E-state index contributed by atoms with van der Waals surface area (Å²) in [6, 6.07) is 10.0. The molecule has 0 fully saturated rings. The number of nitrogens with zero attached hydrogens (tertiary/aromatic N) is 1. The van der Waals surface area contributed by atoms with E-state index in [1.807, 2.05) is 62.9 Å². The highest BCUT2D eigenvalue weighted by Crippen LogP contribution is 2.11. The highest BCUT2D eigenvalue weighted by Gasteiger charge is 2.20. The van der Waals surface area contributed by atoms with Crippen LogP contribution in [-0.2, 0) is 16.1 Å². The van der Waals surface area contributed by atoms with E-state index in [9.17, 15) is 4.79 Å². The third-order valence-electron chi connectivity index (χ3n) is 2.53. The molecule has 0 aliphatic heterocycles. The van der Waals surface area contributed by atoms with Gasteiger partial charge in [0.2, 0.25) is 0 Å². The van der Waals surface area contributed by atoms with Gasteiger partial charge >= 0.3 is 5.97 Å². The van der Waals surface area contributed by atoms with Crippen molar-refractivity contribution in [1.82, 2.24) is 4.90 Å². The molecule has 0 N–H and O–H groups in total. The molecule has 0 radical (unpaired) electrons. The summed E-state index contributed by atoms with van der Waals surface area (Å²) in [6.45, 7) is 9.13.